The summed E-state index contributed by atoms with van der Waals surface area (Å²) < 4.78 is 5.41. The molecule has 1 nitrogen and oxygen atoms in total. The van der Waals surface area contributed by atoms with Crippen molar-refractivity contribution in [1.82, 2.24) is 0 Å². The second-order valence-electron chi connectivity index (χ2n) is 2.90. The van der Waals surface area contributed by atoms with Gasteiger partial charge in [0.1, 0.15) is 0 Å². The normalized spacial score (nSPS) is 9.15. The molecule has 3 heteroatoms. The van der Waals surface area contributed by atoms with Crippen LogP contribution in [0, 0.1) is 13.0 Å². The second kappa shape index (κ2) is 7.52. The summed E-state index contributed by atoms with van der Waals surface area (Å²) >= 11 is 4.25. The number of hydrogen-bond acceptors (Lipinski definition) is 1. The first-order valence-corrected chi connectivity index (χ1v) is 11.0. The van der Waals surface area contributed by atoms with Crippen LogP contribution >= 0.6 is 13.6 Å². The van der Waals surface area contributed by atoms with Gasteiger partial charge in [-0.15, -0.1) is 12.1 Å². The summed E-state index contributed by atoms with van der Waals surface area (Å²) in [6.45, 7) is 6.05. The van der Waals surface area contributed by atoms with E-state index in [-0.39, 0.29) is 6.10 Å². The van der Waals surface area contributed by atoms with Gasteiger partial charge in [0.2, 0.25) is 0 Å². The van der Waals surface area contributed by atoms with Gasteiger partial charge >= 0.3 is 30.0 Å². The molecule has 0 saturated heterocycles. The molecular weight excluding hydrogens is 281 g/mol. The molecule has 1 aromatic carbocycles. The van der Waals surface area contributed by atoms with Crippen molar-refractivity contribution in [2.45, 2.75) is 26.9 Å². The van der Waals surface area contributed by atoms with Crippen LogP contribution in [0.15, 0.2) is 18.2 Å². The van der Waals surface area contributed by atoms with Gasteiger partial charge in [-0.25, -0.2) is 0 Å². The predicted octanol–water partition coefficient (Wildman–Crippen LogP) is 3.43. The van der Waals surface area contributed by atoms with Crippen LogP contribution in [0.25, 0.3) is 0 Å². The number of rotatable bonds is 2. The Bertz CT molecular complexity index is 221. The van der Waals surface area contributed by atoms with E-state index < -0.39 is 0 Å². The minimum atomic E-state index is 0.231. The molecule has 0 aliphatic heterocycles. The van der Waals surface area contributed by atoms with Gasteiger partial charge < -0.3 is 4.74 Å². The monoisotopic (exact) mass is 292 g/mol. The van der Waals surface area contributed by atoms with Crippen LogP contribution in [0.2, 0.25) is 0 Å². The van der Waals surface area contributed by atoms with Gasteiger partial charge in [0, 0.05) is 5.75 Å². The van der Waals surface area contributed by atoms with E-state index in [1.807, 2.05) is 39.0 Å². The molecule has 0 aromatic heterocycles. The molecule has 0 radical (unpaired) electrons. The van der Waals surface area contributed by atoms with Gasteiger partial charge in [-0.05, 0) is 13.8 Å². The number of benzene rings is 1. The third-order valence-corrected chi connectivity index (χ3v) is 1.30. The summed E-state index contributed by atoms with van der Waals surface area (Å²) in [6, 6.07) is 8.94. The molecular formula is C10H13BrOZn. The number of hydrogen-bond donors (Lipinski definition) is 0. The zero-order chi connectivity index (χ0) is 10.3. The molecule has 68 valence electrons. The van der Waals surface area contributed by atoms with Gasteiger partial charge in [-0.3, -0.25) is 0 Å². The van der Waals surface area contributed by atoms with Crippen molar-refractivity contribution in [2.75, 3.05) is 0 Å². The zero-order valence-corrected chi connectivity index (χ0v) is 12.9. The maximum atomic E-state index is 5.41. The van der Waals surface area contributed by atoms with Crippen molar-refractivity contribution in [3.8, 4) is 5.75 Å². The molecule has 1 rings (SSSR count). The van der Waals surface area contributed by atoms with E-state index in [0.717, 1.165) is 5.75 Å². The van der Waals surface area contributed by atoms with E-state index in [1.54, 1.807) is 0 Å². The third-order valence-electron chi connectivity index (χ3n) is 1.30. The molecule has 0 aliphatic carbocycles. The van der Waals surface area contributed by atoms with Crippen molar-refractivity contribution >= 4 is 13.6 Å². The van der Waals surface area contributed by atoms with E-state index in [2.05, 4.69) is 19.7 Å². The van der Waals surface area contributed by atoms with Gasteiger partial charge in [-0.2, -0.15) is 17.7 Å². The Morgan fingerprint density at radius 1 is 1.38 bits per heavy atom. The molecule has 0 amide bonds. The fraction of sp³-hybridized carbons (Fsp3) is 0.400. The SMILES string of the molecule is Cc1c[c-]c(OC(C)C)cc1.[Zn+][Br]. The third kappa shape index (κ3) is 6.23. The van der Waals surface area contributed by atoms with Crippen LogP contribution in [0.1, 0.15) is 19.4 Å². The molecule has 0 aliphatic rings. The minimum absolute atomic E-state index is 0.231. The predicted molar refractivity (Wildman–Crippen MR) is 54.7 cm³/mol. The summed E-state index contributed by atoms with van der Waals surface area (Å²) in [5, 5.41) is 0. The Kier molecular flexibility index (Phi) is 7.59. The van der Waals surface area contributed by atoms with Gasteiger partial charge in [0.25, 0.3) is 0 Å². The average Bonchev–Trinajstić information content (AvgIpc) is 2.12. The maximum absolute atomic E-state index is 5.41. The average molecular weight is 295 g/mol. The van der Waals surface area contributed by atoms with Crippen molar-refractivity contribution in [3.63, 3.8) is 0 Å². The Morgan fingerprint density at radius 3 is 2.38 bits per heavy atom. The first-order chi connectivity index (χ1) is 6.18. The Morgan fingerprint density at radius 2 is 2.00 bits per heavy atom. The van der Waals surface area contributed by atoms with E-state index in [4.69, 9.17) is 4.74 Å². The molecule has 0 N–H and O–H groups in total. The Balaban J connectivity index is 0.000000671. The fourth-order valence-electron chi connectivity index (χ4n) is 0.816. The van der Waals surface area contributed by atoms with Crippen LogP contribution in [0.5, 0.6) is 5.75 Å². The molecule has 0 bridgehead atoms. The van der Waals surface area contributed by atoms with Crippen molar-refractivity contribution in [2.24, 2.45) is 0 Å². The summed E-state index contributed by atoms with van der Waals surface area (Å²) in [7, 11) is 0. The molecule has 0 atom stereocenters. The van der Waals surface area contributed by atoms with Crippen molar-refractivity contribution in [3.05, 3.63) is 29.8 Å². The molecule has 13 heavy (non-hydrogen) atoms. The van der Waals surface area contributed by atoms with Crippen molar-refractivity contribution in [1.29, 1.82) is 0 Å². The summed E-state index contributed by atoms with van der Waals surface area (Å²) in [5.41, 5.74) is 1.21. The van der Waals surface area contributed by atoms with Crippen LogP contribution in [0.4, 0.5) is 0 Å². The van der Waals surface area contributed by atoms with E-state index in [9.17, 15) is 0 Å². The Labute approximate surface area is 96.9 Å². The molecule has 0 spiro atoms. The summed E-state index contributed by atoms with van der Waals surface area (Å²) in [5.74, 6) is 0.825. The Hall–Kier alpha value is 0.123. The fourth-order valence-corrected chi connectivity index (χ4v) is 0.816. The van der Waals surface area contributed by atoms with E-state index >= 15 is 0 Å². The second-order valence-corrected chi connectivity index (χ2v) is 2.90. The van der Waals surface area contributed by atoms with Gasteiger partial charge in [0.15, 0.2) is 0 Å². The quantitative estimate of drug-likeness (QED) is 0.600. The molecule has 1 aromatic rings. The van der Waals surface area contributed by atoms with E-state index in [1.165, 1.54) is 21.9 Å². The molecule has 0 unspecified atom stereocenters. The first kappa shape index (κ1) is 13.1. The number of halogens is 1. The summed E-state index contributed by atoms with van der Waals surface area (Å²) in [4.78, 5) is 0. The van der Waals surface area contributed by atoms with Crippen LogP contribution in [-0.2, 0) is 16.3 Å². The zero-order valence-electron chi connectivity index (χ0n) is 8.30. The van der Waals surface area contributed by atoms with Crippen LogP contribution in [-0.4, -0.2) is 6.10 Å². The van der Waals surface area contributed by atoms with Gasteiger partial charge in [-0.1, -0.05) is 6.92 Å². The topological polar surface area (TPSA) is 9.23 Å². The summed E-state index contributed by atoms with van der Waals surface area (Å²) in [6.07, 6.45) is 0.231. The molecule has 0 saturated carbocycles. The first-order valence-electron chi connectivity index (χ1n) is 4.10. The number of aryl methyl sites for hydroxylation is 1. The van der Waals surface area contributed by atoms with Gasteiger partial charge in [0.05, 0.1) is 6.10 Å². The van der Waals surface area contributed by atoms with E-state index in [0.29, 0.717) is 0 Å². The molecule has 0 heterocycles. The van der Waals surface area contributed by atoms with Crippen LogP contribution in [0.3, 0.4) is 0 Å². The number of ether oxygens (including phenoxy) is 1. The van der Waals surface area contributed by atoms with Crippen molar-refractivity contribution < 1.29 is 21.1 Å². The molecule has 0 fully saturated rings. The standard InChI is InChI=1S/C10H13O.BrH.Zn/c1-8(2)11-10-6-4-9(3)5-7-10;;/h4-6,8H,1-3H3;1H;/q-1;;+2/p-1. The van der Waals surface area contributed by atoms with Crippen LogP contribution < -0.4 is 4.74 Å².